The molecule has 2 amide bonds. The third-order valence-corrected chi connectivity index (χ3v) is 4.17. The van der Waals surface area contributed by atoms with Gasteiger partial charge in [0.2, 0.25) is 11.8 Å². The van der Waals surface area contributed by atoms with Crippen LogP contribution in [0, 0.1) is 12.8 Å². The molecule has 1 aliphatic rings. The van der Waals surface area contributed by atoms with Crippen LogP contribution in [0.25, 0.3) is 6.08 Å². The fourth-order valence-electron chi connectivity index (χ4n) is 2.51. The van der Waals surface area contributed by atoms with Gasteiger partial charge in [0.1, 0.15) is 5.15 Å². The Balaban J connectivity index is 2.07. The van der Waals surface area contributed by atoms with Gasteiger partial charge in [-0.05, 0) is 25.8 Å². The lowest BCUT2D eigenvalue weighted by atomic mass is 9.97. The van der Waals surface area contributed by atoms with E-state index in [-0.39, 0.29) is 17.7 Å². The first-order chi connectivity index (χ1) is 9.90. The zero-order valence-electron chi connectivity index (χ0n) is 12.2. The van der Waals surface area contributed by atoms with Crippen LogP contribution in [-0.4, -0.2) is 39.6 Å². The Morgan fingerprint density at radius 1 is 1.48 bits per heavy atom. The van der Waals surface area contributed by atoms with Crippen LogP contribution < -0.4 is 5.73 Å². The third kappa shape index (κ3) is 3.44. The lowest BCUT2D eigenvalue weighted by Crippen LogP contribution is -2.43. The highest BCUT2D eigenvalue weighted by Gasteiger charge is 2.25. The number of carbonyl (C=O) groups is 2. The van der Waals surface area contributed by atoms with Crippen LogP contribution in [0.4, 0.5) is 0 Å². The van der Waals surface area contributed by atoms with Crippen LogP contribution in [-0.2, 0) is 16.6 Å². The van der Waals surface area contributed by atoms with Gasteiger partial charge < -0.3 is 10.6 Å². The van der Waals surface area contributed by atoms with E-state index in [2.05, 4.69) is 5.10 Å². The molecule has 1 aromatic rings. The molecule has 0 spiro atoms. The van der Waals surface area contributed by atoms with Gasteiger partial charge in [-0.3, -0.25) is 14.3 Å². The smallest absolute Gasteiger partial charge is 0.246 e. The lowest BCUT2D eigenvalue weighted by Gasteiger charge is -2.30. The van der Waals surface area contributed by atoms with E-state index in [9.17, 15) is 9.59 Å². The minimum absolute atomic E-state index is 0.139. The molecular formula is C14H19ClN4O2. The molecule has 1 saturated heterocycles. The van der Waals surface area contributed by atoms with E-state index in [4.69, 9.17) is 17.3 Å². The van der Waals surface area contributed by atoms with Crippen molar-refractivity contribution in [1.29, 1.82) is 0 Å². The Bertz CT molecular complexity index is 594. The topological polar surface area (TPSA) is 81.2 Å². The fraction of sp³-hybridized carbons (Fsp3) is 0.500. The van der Waals surface area contributed by atoms with Crippen molar-refractivity contribution in [2.24, 2.45) is 18.7 Å². The Kier molecular flexibility index (Phi) is 4.67. The molecule has 0 aromatic carbocycles. The summed E-state index contributed by atoms with van der Waals surface area (Å²) in [7, 11) is 1.75. The Morgan fingerprint density at radius 2 is 2.19 bits per heavy atom. The van der Waals surface area contributed by atoms with Crippen molar-refractivity contribution in [3.05, 3.63) is 22.5 Å². The number of carbonyl (C=O) groups excluding carboxylic acids is 2. The number of nitrogens with two attached hydrogens (primary N) is 1. The van der Waals surface area contributed by atoms with Gasteiger partial charge >= 0.3 is 0 Å². The number of amides is 2. The quantitative estimate of drug-likeness (QED) is 0.849. The summed E-state index contributed by atoms with van der Waals surface area (Å²) in [4.78, 5) is 25.1. The SMILES string of the molecule is Cc1nn(C)c(Cl)c1/C=C/C(=O)N1CCCC(C(N)=O)C1. The lowest BCUT2D eigenvalue weighted by molar-refractivity contribution is -0.130. The number of piperidine rings is 1. The van der Waals surface area contributed by atoms with E-state index in [0.717, 1.165) is 24.1 Å². The van der Waals surface area contributed by atoms with Gasteiger partial charge in [0, 0.05) is 31.8 Å². The number of rotatable bonds is 3. The molecule has 21 heavy (non-hydrogen) atoms. The van der Waals surface area contributed by atoms with Crippen LogP contribution in [0.3, 0.4) is 0 Å². The molecule has 0 aliphatic carbocycles. The highest BCUT2D eigenvalue weighted by atomic mass is 35.5. The monoisotopic (exact) mass is 310 g/mol. The van der Waals surface area contributed by atoms with Crippen molar-refractivity contribution in [2.45, 2.75) is 19.8 Å². The van der Waals surface area contributed by atoms with Gasteiger partial charge in [0.15, 0.2) is 0 Å². The standard InChI is InChI=1S/C14H19ClN4O2/c1-9-11(13(15)18(2)17-9)5-6-12(20)19-7-3-4-10(8-19)14(16)21/h5-6,10H,3-4,7-8H2,1-2H3,(H2,16,21)/b6-5+. The van der Waals surface area contributed by atoms with E-state index >= 15 is 0 Å². The number of aryl methyl sites for hydroxylation is 2. The molecule has 114 valence electrons. The minimum atomic E-state index is -0.345. The van der Waals surface area contributed by atoms with Gasteiger partial charge in [0.05, 0.1) is 11.6 Å². The minimum Gasteiger partial charge on any atom is -0.369 e. The van der Waals surface area contributed by atoms with E-state index in [1.54, 1.807) is 22.7 Å². The molecule has 1 aliphatic heterocycles. The maximum atomic E-state index is 12.2. The summed E-state index contributed by atoms with van der Waals surface area (Å²) >= 11 is 6.11. The largest absolute Gasteiger partial charge is 0.369 e. The maximum Gasteiger partial charge on any atom is 0.246 e. The Hall–Kier alpha value is -1.82. The Labute approximate surface area is 128 Å². The molecule has 2 rings (SSSR count). The molecule has 1 aromatic heterocycles. The molecule has 7 heteroatoms. The number of primary amides is 1. The van der Waals surface area contributed by atoms with Crippen molar-refractivity contribution >= 4 is 29.5 Å². The third-order valence-electron chi connectivity index (χ3n) is 3.72. The summed E-state index contributed by atoms with van der Waals surface area (Å²) in [5.74, 6) is -0.734. The van der Waals surface area contributed by atoms with Gasteiger partial charge in [-0.2, -0.15) is 5.10 Å². The Morgan fingerprint density at radius 3 is 2.76 bits per heavy atom. The second-order valence-electron chi connectivity index (χ2n) is 5.27. The van der Waals surface area contributed by atoms with Crippen molar-refractivity contribution < 1.29 is 9.59 Å². The van der Waals surface area contributed by atoms with Gasteiger partial charge in [-0.1, -0.05) is 11.6 Å². The number of halogens is 1. The molecule has 1 unspecified atom stereocenters. The summed E-state index contributed by atoms with van der Waals surface area (Å²) < 4.78 is 1.56. The highest BCUT2D eigenvalue weighted by molar-refractivity contribution is 6.31. The first kappa shape index (κ1) is 15.6. The average Bonchev–Trinajstić information content (AvgIpc) is 2.70. The second kappa shape index (κ2) is 6.30. The number of likely N-dealkylation sites (tertiary alicyclic amines) is 1. The number of hydrogen-bond donors (Lipinski definition) is 1. The van der Waals surface area contributed by atoms with E-state index in [1.165, 1.54) is 6.08 Å². The first-order valence-corrected chi connectivity index (χ1v) is 7.23. The van der Waals surface area contributed by atoms with E-state index < -0.39 is 0 Å². The fourth-order valence-corrected chi connectivity index (χ4v) is 2.74. The van der Waals surface area contributed by atoms with E-state index in [1.807, 2.05) is 6.92 Å². The normalized spacial score (nSPS) is 19.2. The van der Waals surface area contributed by atoms with Gasteiger partial charge in [-0.25, -0.2) is 0 Å². The molecule has 2 heterocycles. The summed E-state index contributed by atoms with van der Waals surface area (Å²) in [6.45, 7) is 2.87. The first-order valence-electron chi connectivity index (χ1n) is 6.85. The van der Waals surface area contributed by atoms with Gasteiger partial charge in [0.25, 0.3) is 0 Å². The zero-order chi connectivity index (χ0) is 15.6. The van der Waals surface area contributed by atoms with Gasteiger partial charge in [-0.15, -0.1) is 0 Å². The predicted molar refractivity (Wildman–Crippen MR) is 80.5 cm³/mol. The van der Waals surface area contributed by atoms with Crippen LogP contribution >= 0.6 is 11.6 Å². The molecular weight excluding hydrogens is 292 g/mol. The van der Waals surface area contributed by atoms with Crippen molar-refractivity contribution in [2.75, 3.05) is 13.1 Å². The molecule has 0 radical (unpaired) electrons. The highest BCUT2D eigenvalue weighted by Crippen LogP contribution is 2.21. The molecule has 1 fully saturated rings. The zero-order valence-corrected chi connectivity index (χ0v) is 12.9. The number of nitrogens with zero attached hydrogens (tertiary/aromatic N) is 3. The number of hydrogen-bond acceptors (Lipinski definition) is 3. The molecule has 0 saturated carbocycles. The molecule has 0 bridgehead atoms. The summed E-state index contributed by atoms with van der Waals surface area (Å²) in [5, 5.41) is 4.67. The number of aromatic nitrogens is 2. The maximum absolute atomic E-state index is 12.2. The van der Waals surface area contributed by atoms with Crippen LogP contribution in [0.1, 0.15) is 24.1 Å². The van der Waals surface area contributed by atoms with E-state index in [0.29, 0.717) is 18.2 Å². The van der Waals surface area contributed by atoms with Crippen molar-refractivity contribution in [3.8, 4) is 0 Å². The predicted octanol–water partition coefficient (Wildman–Crippen LogP) is 1.12. The summed E-state index contributed by atoms with van der Waals surface area (Å²) in [6.07, 6.45) is 4.68. The summed E-state index contributed by atoms with van der Waals surface area (Å²) in [5.41, 5.74) is 6.81. The van der Waals surface area contributed by atoms with Crippen LogP contribution in [0.15, 0.2) is 6.08 Å². The average molecular weight is 311 g/mol. The summed E-state index contributed by atoms with van der Waals surface area (Å²) in [6, 6.07) is 0. The van der Waals surface area contributed by atoms with Crippen molar-refractivity contribution in [3.63, 3.8) is 0 Å². The second-order valence-corrected chi connectivity index (χ2v) is 5.63. The van der Waals surface area contributed by atoms with Crippen LogP contribution in [0.5, 0.6) is 0 Å². The molecule has 1 atom stereocenters. The van der Waals surface area contributed by atoms with Crippen molar-refractivity contribution in [1.82, 2.24) is 14.7 Å². The molecule has 2 N–H and O–H groups in total. The molecule has 6 nitrogen and oxygen atoms in total. The van der Waals surface area contributed by atoms with Crippen LogP contribution in [0.2, 0.25) is 5.15 Å².